The molecule has 0 aliphatic carbocycles. The van der Waals surface area contributed by atoms with Gasteiger partial charge in [-0.25, -0.2) is 4.98 Å². The van der Waals surface area contributed by atoms with Crippen molar-refractivity contribution in [2.24, 2.45) is 0 Å². The van der Waals surface area contributed by atoms with E-state index in [-0.39, 0.29) is 17.4 Å². The molecular formula is C12H18N6O3. The van der Waals surface area contributed by atoms with E-state index >= 15 is 0 Å². The lowest BCUT2D eigenvalue weighted by atomic mass is 10.2. The summed E-state index contributed by atoms with van der Waals surface area (Å²) < 4.78 is 0. The summed E-state index contributed by atoms with van der Waals surface area (Å²) in [6, 6.07) is -0.484. The van der Waals surface area contributed by atoms with Gasteiger partial charge >= 0.3 is 5.69 Å². The molecule has 0 aromatic carbocycles. The van der Waals surface area contributed by atoms with E-state index in [1.807, 2.05) is 6.92 Å². The number of carbonyl (C=O) groups is 1. The standard InChI is InChI=1S/C12H18N6O3/c1-3-5-13-12-14-7-9(18(20)21)10(16-12)15-8-4-6-17(2)11(8)19/h7-8H,3-6H2,1-2H3,(H2,13,14,15,16). The molecule has 1 aliphatic rings. The Labute approximate surface area is 121 Å². The highest BCUT2D eigenvalue weighted by Crippen LogP contribution is 2.24. The van der Waals surface area contributed by atoms with E-state index in [9.17, 15) is 14.9 Å². The molecule has 9 nitrogen and oxygen atoms in total. The van der Waals surface area contributed by atoms with Crippen LogP contribution in [0.15, 0.2) is 6.20 Å². The van der Waals surface area contributed by atoms with Crippen LogP contribution in [0, 0.1) is 10.1 Å². The van der Waals surface area contributed by atoms with Gasteiger partial charge in [-0.05, 0) is 12.8 Å². The molecule has 1 aromatic heterocycles. The molecule has 1 aliphatic heterocycles. The van der Waals surface area contributed by atoms with Gasteiger partial charge in [0.1, 0.15) is 12.2 Å². The van der Waals surface area contributed by atoms with E-state index in [4.69, 9.17) is 0 Å². The van der Waals surface area contributed by atoms with E-state index in [2.05, 4.69) is 20.6 Å². The SMILES string of the molecule is CCCNc1ncc([N+](=O)[O-])c(NC2CCN(C)C2=O)n1. The first-order chi connectivity index (χ1) is 10.0. The van der Waals surface area contributed by atoms with Crippen molar-refractivity contribution in [1.82, 2.24) is 14.9 Å². The van der Waals surface area contributed by atoms with Gasteiger partial charge in [0.2, 0.25) is 17.7 Å². The van der Waals surface area contributed by atoms with E-state index in [0.29, 0.717) is 25.5 Å². The third kappa shape index (κ3) is 3.36. The molecule has 1 unspecified atom stereocenters. The molecule has 2 rings (SSSR count). The van der Waals surface area contributed by atoms with Crippen LogP contribution in [0.1, 0.15) is 19.8 Å². The van der Waals surface area contributed by atoms with Gasteiger partial charge in [0.05, 0.1) is 4.92 Å². The second-order valence-electron chi connectivity index (χ2n) is 4.86. The fraction of sp³-hybridized carbons (Fsp3) is 0.583. The fourth-order valence-corrected chi connectivity index (χ4v) is 2.06. The number of hydrogen-bond donors (Lipinski definition) is 2. The van der Waals surface area contributed by atoms with E-state index in [1.165, 1.54) is 0 Å². The molecule has 9 heteroatoms. The number of nitrogens with one attached hydrogen (secondary N) is 2. The summed E-state index contributed by atoms with van der Waals surface area (Å²) in [5.74, 6) is 0.289. The zero-order chi connectivity index (χ0) is 15.4. The van der Waals surface area contributed by atoms with Crippen molar-refractivity contribution >= 4 is 23.4 Å². The highest BCUT2D eigenvalue weighted by molar-refractivity contribution is 5.86. The van der Waals surface area contributed by atoms with Crippen LogP contribution < -0.4 is 10.6 Å². The number of hydrogen-bond acceptors (Lipinski definition) is 7. The molecular weight excluding hydrogens is 276 g/mol. The van der Waals surface area contributed by atoms with Crippen LogP contribution >= 0.6 is 0 Å². The normalized spacial score (nSPS) is 17.9. The highest BCUT2D eigenvalue weighted by atomic mass is 16.6. The number of anilines is 2. The molecule has 2 heterocycles. The zero-order valence-corrected chi connectivity index (χ0v) is 12.0. The minimum Gasteiger partial charge on any atom is -0.354 e. The number of likely N-dealkylation sites (N-methyl/N-ethyl adjacent to an activating group) is 1. The monoisotopic (exact) mass is 294 g/mol. The smallest absolute Gasteiger partial charge is 0.329 e. The van der Waals surface area contributed by atoms with Crippen molar-refractivity contribution in [3.8, 4) is 0 Å². The third-order valence-corrected chi connectivity index (χ3v) is 3.24. The van der Waals surface area contributed by atoms with Crippen molar-refractivity contribution in [3.63, 3.8) is 0 Å². The topological polar surface area (TPSA) is 113 Å². The molecule has 0 saturated carbocycles. The summed E-state index contributed by atoms with van der Waals surface area (Å²) >= 11 is 0. The Kier molecular flexibility index (Phi) is 4.51. The molecule has 2 N–H and O–H groups in total. The predicted molar refractivity (Wildman–Crippen MR) is 77.1 cm³/mol. The lowest BCUT2D eigenvalue weighted by molar-refractivity contribution is -0.384. The van der Waals surface area contributed by atoms with E-state index < -0.39 is 11.0 Å². The first-order valence-corrected chi connectivity index (χ1v) is 6.79. The van der Waals surface area contributed by atoms with Crippen molar-refractivity contribution < 1.29 is 9.72 Å². The third-order valence-electron chi connectivity index (χ3n) is 3.24. The number of nitrogens with zero attached hydrogens (tertiary/aromatic N) is 4. The van der Waals surface area contributed by atoms with Gasteiger partial charge in [0.25, 0.3) is 0 Å². The molecule has 1 amide bonds. The summed E-state index contributed by atoms with van der Waals surface area (Å²) in [4.78, 5) is 32.0. The van der Waals surface area contributed by atoms with Crippen LogP contribution in [0.25, 0.3) is 0 Å². The van der Waals surface area contributed by atoms with Crippen molar-refractivity contribution in [1.29, 1.82) is 0 Å². The van der Waals surface area contributed by atoms with Crippen LogP contribution in [0.4, 0.5) is 17.5 Å². The number of aromatic nitrogens is 2. The largest absolute Gasteiger partial charge is 0.354 e. The fourth-order valence-electron chi connectivity index (χ4n) is 2.06. The number of carbonyl (C=O) groups excluding carboxylic acids is 1. The highest BCUT2D eigenvalue weighted by Gasteiger charge is 2.31. The lowest BCUT2D eigenvalue weighted by Gasteiger charge is -2.13. The molecule has 1 aromatic rings. The van der Waals surface area contributed by atoms with Crippen LogP contribution in [0.2, 0.25) is 0 Å². The number of likely N-dealkylation sites (tertiary alicyclic amines) is 1. The minimum absolute atomic E-state index is 0.0715. The van der Waals surface area contributed by atoms with Gasteiger partial charge in [-0.1, -0.05) is 6.92 Å². The average molecular weight is 294 g/mol. The van der Waals surface area contributed by atoms with Gasteiger partial charge in [-0.2, -0.15) is 4.98 Å². The quantitative estimate of drug-likeness (QED) is 0.590. The van der Waals surface area contributed by atoms with E-state index in [1.54, 1.807) is 11.9 Å². The summed E-state index contributed by atoms with van der Waals surface area (Å²) in [6.45, 7) is 3.28. The molecule has 21 heavy (non-hydrogen) atoms. The van der Waals surface area contributed by atoms with Gasteiger partial charge in [-0.3, -0.25) is 14.9 Å². The molecule has 1 saturated heterocycles. The summed E-state index contributed by atoms with van der Waals surface area (Å²) in [5, 5.41) is 16.9. The maximum absolute atomic E-state index is 11.9. The van der Waals surface area contributed by atoms with Crippen molar-refractivity contribution in [3.05, 3.63) is 16.3 Å². The average Bonchev–Trinajstić information content (AvgIpc) is 2.77. The molecule has 0 bridgehead atoms. The Balaban J connectivity index is 2.22. The van der Waals surface area contributed by atoms with Gasteiger partial charge < -0.3 is 15.5 Å². The Bertz CT molecular complexity index is 550. The lowest BCUT2D eigenvalue weighted by Crippen LogP contribution is -2.31. The van der Waals surface area contributed by atoms with Gasteiger partial charge in [-0.15, -0.1) is 0 Å². The zero-order valence-electron chi connectivity index (χ0n) is 12.0. The molecule has 0 spiro atoms. The second kappa shape index (κ2) is 6.33. The second-order valence-corrected chi connectivity index (χ2v) is 4.86. The number of amides is 1. The Morgan fingerprint density at radius 3 is 2.90 bits per heavy atom. The number of nitro groups is 1. The van der Waals surface area contributed by atoms with E-state index in [0.717, 1.165) is 12.6 Å². The summed E-state index contributed by atoms with van der Waals surface area (Å²) in [5.41, 5.74) is -0.237. The summed E-state index contributed by atoms with van der Waals surface area (Å²) in [7, 11) is 1.70. The van der Waals surface area contributed by atoms with Gasteiger partial charge in [0.15, 0.2) is 0 Å². The molecule has 1 fully saturated rings. The molecule has 1 atom stereocenters. The minimum atomic E-state index is -0.560. The Morgan fingerprint density at radius 2 is 2.33 bits per heavy atom. The van der Waals surface area contributed by atoms with Crippen LogP contribution in [0.5, 0.6) is 0 Å². The summed E-state index contributed by atoms with van der Waals surface area (Å²) in [6.07, 6.45) is 2.62. The van der Waals surface area contributed by atoms with Gasteiger partial charge in [0, 0.05) is 20.1 Å². The predicted octanol–water partition coefficient (Wildman–Crippen LogP) is 0.849. The first kappa shape index (κ1) is 14.9. The maximum atomic E-state index is 11.9. The molecule has 114 valence electrons. The van der Waals surface area contributed by atoms with Crippen LogP contribution in [-0.2, 0) is 4.79 Å². The van der Waals surface area contributed by atoms with Crippen molar-refractivity contribution in [2.75, 3.05) is 30.8 Å². The Morgan fingerprint density at radius 1 is 1.57 bits per heavy atom. The maximum Gasteiger partial charge on any atom is 0.329 e. The first-order valence-electron chi connectivity index (χ1n) is 6.79. The van der Waals surface area contributed by atoms with Crippen LogP contribution in [0.3, 0.4) is 0 Å². The molecule has 0 radical (unpaired) electrons. The Hall–Kier alpha value is -2.45. The van der Waals surface area contributed by atoms with Crippen molar-refractivity contribution in [2.45, 2.75) is 25.8 Å². The van der Waals surface area contributed by atoms with Crippen LogP contribution in [-0.4, -0.2) is 51.9 Å². The number of rotatable bonds is 6.